The summed E-state index contributed by atoms with van der Waals surface area (Å²) in [5.41, 5.74) is 0.723. The molecule has 1 N–H and O–H groups in total. The van der Waals surface area contributed by atoms with Gasteiger partial charge in [0.25, 0.3) is 0 Å². The molecule has 0 amide bonds. The van der Waals surface area contributed by atoms with Crippen molar-refractivity contribution in [1.29, 1.82) is 0 Å². The van der Waals surface area contributed by atoms with Crippen LogP contribution in [0.5, 0.6) is 0 Å². The Morgan fingerprint density at radius 1 is 1.41 bits per heavy atom. The van der Waals surface area contributed by atoms with E-state index < -0.39 is 0 Å². The number of aliphatic hydroxyl groups excluding tert-OH is 1. The van der Waals surface area contributed by atoms with Crippen LogP contribution in [0.2, 0.25) is 0 Å². The number of hydrogen-bond acceptors (Lipinski definition) is 5. The molecule has 0 radical (unpaired) electrons. The van der Waals surface area contributed by atoms with Gasteiger partial charge in [0.05, 0.1) is 13.2 Å². The van der Waals surface area contributed by atoms with Gasteiger partial charge in [-0.15, -0.1) is 11.3 Å². The predicted molar refractivity (Wildman–Crippen MR) is 72.1 cm³/mol. The summed E-state index contributed by atoms with van der Waals surface area (Å²) < 4.78 is 1.10. The van der Waals surface area contributed by atoms with Gasteiger partial charge in [0.2, 0.25) is 5.95 Å². The first-order valence-electron chi connectivity index (χ1n) is 5.05. The second-order valence-corrected chi connectivity index (χ2v) is 5.55. The Morgan fingerprint density at radius 2 is 2.12 bits per heavy atom. The summed E-state index contributed by atoms with van der Waals surface area (Å²) in [5, 5.41) is 11.0. The van der Waals surface area contributed by atoms with Gasteiger partial charge in [-0.3, -0.25) is 0 Å². The fourth-order valence-corrected chi connectivity index (χ4v) is 2.87. The molecule has 4 nitrogen and oxygen atoms in total. The van der Waals surface area contributed by atoms with E-state index in [1.807, 2.05) is 11.9 Å². The number of halogens is 1. The van der Waals surface area contributed by atoms with E-state index in [0.29, 0.717) is 5.95 Å². The Kier molecular flexibility index (Phi) is 4.09. The maximum atomic E-state index is 8.91. The second-order valence-electron chi connectivity index (χ2n) is 3.64. The predicted octanol–water partition coefficient (Wildman–Crippen LogP) is 2.43. The fourth-order valence-electron chi connectivity index (χ4n) is 1.37. The summed E-state index contributed by atoms with van der Waals surface area (Å²) >= 11 is 5.13. The molecule has 2 heterocycles. The van der Waals surface area contributed by atoms with E-state index in [1.165, 1.54) is 4.88 Å². The largest absolute Gasteiger partial charge is 0.392 e. The highest BCUT2D eigenvalue weighted by atomic mass is 79.9. The lowest BCUT2D eigenvalue weighted by Gasteiger charge is -2.15. The van der Waals surface area contributed by atoms with Crippen molar-refractivity contribution in [3.63, 3.8) is 0 Å². The number of thiophene rings is 1. The molecule has 2 aromatic heterocycles. The van der Waals surface area contributed by atoms with Crippen LogP contribution in [-0.4, -0.2) is 22.1 Å². The van der Waals surface area contributed by atoms with Crippen LogP contribution in [0.25, 0.3) is 0 Å². The summed E-state index contributed by atoms with van der Waals surface area (Å²) in [5.74, 6) is 0.659. The first kappa shape index (κ1) is 12.5. The molecule has 0 spiro atoms. The first-order valence-corrected chi connectivity index (χ1v) is 6.72. The Morgan fingerprint density at radius 3 is 2.65 bits per heavy atom. The van der Waals surface area contributed by atoms with E-state index in [1.54, 1.807) is 23.7 Å². The van der Waals surface area contributed by atoms with Crippen molar-refractivity contribution in [1.82, 2.24) is 9.97 Å². The summed E-state index contributed by atoms with van der Waals surface area (Å²) in [6.45, 7) is 0.747. The minimum atomic E-state index is -0.0259. The van der Waals surface area contributed by atoms with Crippen molar-refractivity contribution >= 4 is 33.2 Å². The highest BCUT2D eigenvalue weighted by Gasteiger charge is 2.06. The van der Waals surface area contributed by atoms with Crippen LogP contribution in [0, 0.1) is 0 Å². The number of aromatic nitrogens is 2. The molecule has 0 unspecified atom stereocenters. The van der Waals surface area contributed by atoms with Crippen LogP contribution in [0.3, 0.4) is 0 Å². The number of aliphatic hydroxyl groups is 1. The van der Waals surface area contributed by atoms with E-state index in [0.717, 1.165) is 16.6 Å². The van der Waals surface area contributed by atoms with Crippen molar-refractivity contribution in [2.45, 2.75) is 13.2 Å². The molecule has 0 fully saturated rings. The topological polar surface area (TPSA) is 49.2 Å². The SMILES string of the molecule is CN(Cc1cc(Br)cs1)c1ncc(CO)cn1. The van der Waals surface area contributed by atoms with Crippen LogP contribution in [0.4, 0.5) is 5.95 Å². The lowest BCUT2D eigenvalue weighted by atomic mass is 10.4. The average molecular weight is 314 g/mol. The molecule has 2 rings (SSSR count). The van der Waals surface area contributed by atoms with Gasteiger partial charge >= 0.3 is 0 Å². The Labute approximate surface area is 112 Å². The zero-order chi connectivity index (χ0) is 12.3. The first-order chi connectivity index (χ1) is 8.19. The van der Waals surface area contributed by atoms with Crippen molar-refractivity contribution < 1.29 is 5.11 Å². The second kappa shape index (κ2) is 5.57. The van der Waals surface area contributed by atoms with Gasteiger partial charge in [-0.25, -0.2) is 9.97 Å². The van der Waals surface area contributed by atoms with Gasteiger partial charge in [-0.05, 0) is 22.0 Å². The van der Waals surface area contributed by atoms with E-state index in [4.69, 9.17) is 5.11 Å². The quantitative estimate of drug-likeness (QED) is 0.942. The standard InChI is InChI=1S/C11H12BrN3OS/c1-15(5-10-2-9(12)7-17-10)11-13-3-8(6-16)4-14-11/h2-4,7,16H,5-6H2,1H3. The highest BCUT2D eigenvalue weighted by Crippen LogP contribution is 2.21. The van der Waals surface area contributed by atoms with Crippen LogP contribution in [-0.2, 0) is 13.2 Å². The third-order valence-corrected chi connectivity index (χ3v) is 3.91. The van der Waals surface area contributed by atoms with E-state index >= 15 is 0 Å². The molecule has 0 aliphatic heterocycles. The van der Waals surface area contributed by atoms with Crippen molar-refractivity contribution in [3.05, 3.63) is 38.8 Å². The maximum absolute atomic E-state index is 8.91. The molecular formula is C11H12BrN3OS. The summed E-state index contributed by atoms with van der Waals surface area (Å²) in [6, 6.07) is 2.09. The smallest absolute Gasteiger partial charge is 0.225 e. The molecule has 0 saturated carbocycles. The van der Waals surface area contributed by atoms with Gasteiger partial charge in [-0.1, -0.05) is 0 Å². The zero-order valence-electron chi connectivity index (χ0n) is 9.30. The lowest BCUT2D eigenvalue weighted by Crippen LogP contribution is -2.18. The van der Waals surface area contributed by atoms with Gasteiger partial charge in [0.1, 0.15) is 0 Å². The van der Waals surface area contributed by atoms with E-state index in [2.05, 4.69) is 37.3 Å². The monoisotopic (exact) mass is 313 g/mol. The van der Waals surface area contributed by atoms with Crippen molar-refractivity contribution in [2.75, 3.05) is 11.9 Å². The molecule has 0 aliphatic carbocycles. The molecule has 2 aromatic rings. The van der Waals surface area contributed by atoms with Crippen LogP contribution >= 0.6 is 27.3 Å². The molecule has 17 heavy (non-hydrogen) atoms. The number of rotatable bonds is 4. The molecule has 0 aromatic carbocycles. The highest BCUT2D eigenvalue weighted by molar-refractivity contribution is 9.10. The normalized spacial score (nSPS) is 10.5. The summed E-state index contributed by atoms with van der Waals surface area (Å²) in [7, 11) is 1.95. The third-order valence-electron chi connectivity index (χ3n) is 2.23. The minimum Gasteiger partial charge on any atom is -0.392 e. The minimum absolute atomic E-state index is 0.0259. The Bertz CT molecular complexity index is 486. The number of hydrogen-bond donors (Lipinski definition) is 1. The van der Waals surface area contributed by atoms with Crippen molar-refractivity contribution in [2.24, 2.45) is 0 Å². The molecule has 0 bridgehead atoms. The van der Waals surface area contributed by atoms with E-state index in [-0.39, 0.29) is 6.61 Å². The molecule has 0 aliphatic rings. The van der Waals surface area contributed by atoms with Crippen LogP contribution in [0.1, 0.15) is 10.4 Å². The molecule has 90 valence electrons. The summed E-state index contributed by atoms with van der Waals surface area (Å²) in [6.07, 6.45) is 3.28. The van der Waals surface area contributed by atoms with Gasteiger partial charge in [0, 0.05) is 39.7 Å². The van der Waals surface area contributed by atoms with Gasteiger partial charge < -0.3 is 10.0 Å². The number of anilines is 1. The summed E-state index contributed by atoms with van der Waals surface area (Å²) in [4.78, 5) is 11.6. The van der Waals surface area contributed by atoms with E-state index in [9.17, 15) is 0 Å². The Hall–Kier alpha value is -0.980. The van der Waals surface area contributed by atoms with Crippen LogP contribution in [0.15, 0.2) is 28.3 Å². The van der Waals surface area contributed by atoms with Crippen LogP contribution < -0.4 is 4.90 Å². The Balaban J connectivity index is 2.06. The van der Waals surface area contributed by atoms with Gasteiger partial charge in [0.15, 0.2) is 0 Å². The molecular weight excluding hydrogens is 302 g/mol. The molecule has 6 heteroatoms. The van der Waals surface area contributed by atoms with Gasteiger partial charge in [-0.2, -0.15) is 0 Å². The van der Waals surface area contributed by atoms with Crippen molar-refractivity contribution in [3.8, 4) is 0 Å². The zero-order valence-corrected chi connectivity index (χ0v) is 11.7. The third kappa shape index (κ3) is 3.24. The maximum Gasteiger partial charge on any atom is 0.225 e. The lowest BCUT2D eigenvalue weighted by molar-refractivity contribution is 0.281. The number of nitrogens with zero attached hydrogens (tertiary/aromatic N) is 3. The fraction of sp³-hybridized carbons (Fsp3) is 0.273. The molecule has 0 saturated heterocycles. The average Bonchev–Trinajstić information content (AvgIpc) is 2.75. The molecule has 0 atom stereocenters.